The third-order valence-corrected chi connectivity index (χ3v) is 11.6. The number of methoxy groups -OCH3 is 2. The highest BCUT2D eigenvalue weighted by Crippen LogP contribution is 2.51. The van der Waals surface area contributed by atoms with Crippen molar-refractivity contribution in [2.75, 3.05) is 20.8 Å². The summed E-state index contributed by atoms with van der Waals surface area (Å²) in [5.74, 6) is -7.97. The number of rotatable bonds is 9. The minimum atomic E-state index is -1.65. The normalized spacial score (nSPS) is 17.5. The van der Waals surface area contributed by atoms with Crippen LogP contribution in [0, 0.1) is 22.7 Å². The lowest BCUT2D eigenvalue weighted by Crippen LogP contribution is -2.49. The zero-order chi connectivity index (χ0) is 39.2. The van der Waals surface area contributed by atoms with E-state index in [4.69, 9.17) is 9.47 Å². The van der Waals surface area contributed by atoms with Gasteiger partial charge < -0.3 is 24.8 Å². The van der Waals surface area contributed by atoms with Crippen LogP contribution < -0.4 is 0 Å². The number of hydrazine groups is 1. The molecule has 4 heterocycles. The van der Waals surface area contributed by atoms with Gasteiger partial charge in [0.05, 0.1) is 81.2 Å². The van der Waals surface area contributed by atoms with Crippen LogP contribution in [0.3, 0.4) is 0 Å². The Bertz CT molecular complexity index is 2560. The number of carboxylic acids is 2. The fraction of sp³-hybridized carbons (Fsp3) is 0.184. The van der Waals surface area contributed by atoms with Crippen LogP contribution in [0.15, 0.2) is 92.2 Å². The quantitative estimate of drug-likeness (QED) is 0.150. The molecule has 0 saturated carbocycles. The standard InChI is InChI=1S/C38H28N4O10S2/c1-17-27(35(45)46)29(23-15-53-33-19(11-39)7-5-9-21(23)33)31(36(47)48)25(13-43)41(17)42-18(2)28(37(49)51-3)30(32(26(42)14-44)38(50)52-4)24-16-54-34-20(12-40)8-6-10-22(24)34/h5-10,13,15-16,29-30,44H,14H2,1-4H3,(H,45,46)(H,47,48). The summed E-state index contributed by atoms with van der Waals surface area (Å²) in [4.78, 5) is 67.5. The Hall–Kier alpha value is -6.59. The van der Waals surface area contributed by atoms with Crippen LogP contribution >= 0.6 is 22.7 Å². The van der Waals surface area contributed by atoms with E-state index in [0.29, 0.717) is 31.3 Å². The maximum atomic E-state index is 13.9. The van der Waals surface area contributed by atoms with Gasteiger partial charge in [-0.05, 0) is 58.6 Å². The number of nitrogens with zero attached hydrogens (tertiary/aromatic N) is 4. The van der Waals surface area contributed by atoms with Crippen molar-refractivity contribution in [1.82, 2.24) is 10.0 Å². The van der Waals surface area contributed by atoms with Crippen LogP contribution in [-0.4, -0.2) is 76.3 Å². The fourth-order valence-electron chi connectivity index (χ4n) is 7.29. The summed E-state index contributed by atoms with van der Waals surface area (Å²) in [6.45, 7) is 1.79. The van der Waals surface area contributed by atoms with Gasteiger partial charge in [-0.1, -0.05) is 24.3 Å². The molecule has 0 saturated heterocycles. The van der Waals surface area contributed by atoms with Crippen molar-refractivity contribution in [1.29, 1.82) is 10.5 Å². The van der Waals surface area contributed by atoms with Gasteiger partial charge in [-0.25, -0.2) is 24.2 Å². The summed E-state index contributed by atoms with van der Waals surface area (Å²) in [5.41, 5.74) is -1.46. The molecule has 2 atom stereocenters. The second kappa shape index (κ2) is 14.4. The number of allylic oxidation sites excluding steroid dienone is 3. The number of nitriles is 2. The van der Waals surface area contributed by atoms with Crippen molar-refractivity contribution >= 4 is 73.0 Å². The molecule has 2 aromatic heterocycles. The molecular formula is C38H28N4O10S2. The Kier molecular flexibility index (Phi) is 9.94. The molecule has 272 valence electrons. The van der Waals surface area contributed by atoms with Crippen molar-refractivity contribution in [2.45, 2.75) is 25.7 Å². The van der Waals surface area contributed by atoms with Gasteiger partial charge in [-0.3, -0.25) is 9.80 Å². The zero-order valence-corrected chi connectivity index (χ0v) is 30.5. The fourth-order valence-corrected chi connectivity index (χ4v) is 9.41. The van der Waals surface area contributed by atoms with Gasteiger partial charge in [-0.15, -0.1) is 22.7 Å². The van der Waals surface area contributed by atoms with Crippen LogP contribution in [0.25, 0.3) is 20.2 Å². The molecule has 2 unspecified atom stereocenters. The first-order valence-electron chi connectivity index (χ1n) is 15.9. The van der Waals surface area contributed by atoms with Crippen molar-refractivity contribution in [2.24, 2.45) is 0 Å². The molecular weight excluding hydrogens is 737 g/mol. The van der Waals surface area contributed by atoms with Gasteiger partial charge in [-0.2, -0.15) is 10.5 Å². The molecule has 16 heteroatoms. The minimum absolute atomic E-state index is 0.0504. The molecule has 0 amide bonds. The van der Waals surface area contributed by atoms with Gasteiger partial charge in [0, 0.05) is 11.4 Å². The molecule has 14 nitrogen and oxygen atoms in total. The second-order valence-corrected chi connectivity index (χ2v) is 13.7. The first-order chi connectivity index (χ1) is 25.9. The molecule has 2 aliphatic heterocycles. The number of aliphatic hydroxyl groups is 1. The molecule has 0 spiro atoms. The van der Waals surface area contributed by atoms with Crippen molar-refractivity contribution < 1.29 is 48.8 Å². The lowest BCUT2D eigenvalue weighted by Gasteiger charge is -2.47. The topological polar surface area (TPSA) is 219 Å². The van der Waals surface area contributed by atoms with Crippen molar-refractivity contribution in [3.8, 4) is 12.1 Å². The molecule has 0 aliphatic carbocycles. The van der Waals surface area contributed by atoms with Crippen LogP contribution in [-0.2, 0) is 33.4 Å². The van der Waals surface area contributed by atoms with E-state index in [-0.39, 0.29) is 45.7 Å². The summed E-state index contributed by atoms with van der Waals surface area (Å²) in [7, 11) is 2.18. The molecule has 0 bridgehead atoms. The Morgan fingerprint density at radius 2 is 1.22 bits per heavy atom. The largest absolute Gasteiger partial charge is 0.478 e. The monoisotopic (exact) mass is 764 g/mol. The second-order valence-electron chi connectivity index (χ2n) is 12.0. The summed E-state index contributed by atoms with van der Waals surface area (Å²) < 4.78 is 11.4. The SMILES string of the molecule is COC(=O)C1=C(C)N(N2C(C)=C(C(=O)O)C(c3csc4c(C#N)cccc34)C(C(=O)O)=C2C=O)C(CO)=C(C(=O)OC)C1c1csc2c(C#N)cccc12. The highest BCUT2D eigenvalue weighted by molar-refractivity contribution is 7.18. The maximum Gasteiger partial charge on any atom is 0.336 e. The molecule has 54 heavy (non-hydrogen) atoms. The first-order valence-corrected chi connectivity index (χ1v) is 17.7. The number of carboxylic acid groups (broad SMARTS) is 2. The number of carbonyl (C=O) groups excluding carboxylic acids is 3. The number of thiophene rings is 2. The lowest BCUT2D eigenvalue weighted by atomic mass is 9.78. The number of aldehydes is 1. The molecule has 2 aromatic carbocycles. The van der Waals surface area contributed by atoms with Gasteiger partial charge in [0.15, 0.2) is 6.29 Å². The number of ether oxygens (including phenoxy) is 2. The van der Waals surface area contributed by atoms with E-state index in [9.17, 15) is 49.8 Å². The van der Waals surface area contributed by atoms with Crippen LogP contribution in [0.2, 0.25) is 0 Å². The zero-order valence-electron chi connectivity index (χ0n) is 28.9. The van der Waals surface area contributed by atoms with E-state index in [1.165, 1.54) is 30.6 Å². The number of hydrogen-bond acceptors (Lipinski definition) is 14. The van der Waals surface area contributed by atoms with Gasteiger partial charge in [0.2, 0.25) is 0 Å². The number of aliphatic hydroxyl groups excluding tert-OH is 1. The van der Waals surface area contributed by atoms with E-state index in [1.807, 2.05) is 0 Å². The van der Waals surface area contributed by atoms with Gasteiger partial charge in [0.25, 0.3) is 0 Å². The van der Waals surface area contributed by atoms with Crippen LogP contribution in [0.1, 0.15) is 47.9 Å². The summed E-state index contributed by atoms with van der Waals surface area (Å²) >= 11 is 2.30. The van der Waals surface area contributed by atoms with Crippen molar-refractivity contribution in [3.05, 3.63) is 114 Å². The number of carbonyl (C=O) groups is 5. The summed E-state index contributed by atoms with van der Waals surface area (Å²) in [6.07, 6.45) is 0.216. The van der Waals surface area contributed by atoms with E-state index >= 15 is 0 Å². The smallest absolute Gasteiger partial charge is 0.336 e. The van der Waals surface area contributed by atoms with E-state index in [1.54, 1.807) is 41.8 Å². The first kappa shape index (κ1) is 37.2. The third-order valence-electron chi connectivity index (χ3n) is 9.50. The van der Waals surface area contributed by atoms with Crippen molar-refractivity contribution in [3.63, 3.8) is 0 Å². The molecule has 6 rings (SSSR count). The lowest BCUT2D eigenvalue weighted by molar-refractivity contribution is -0.139. The number of aliphatic carboxylic acids is 2. The highest BCUT2D eigenvalue weighted by atomic mass is 32.1. The Morgan fingerprint density at radius 3 is 1.65 bits per heavy atom. The molecule has 3 N–H and O–H groups in total. The number of hydrogen-bond donors (Lipinski definition) is 3. The predicted molar refractivity (Wildman–Crippen MR) is 194 cm³/mol. The highest BCUT2D eigenvalue weighted by Gasteiger charge is 2.48. The van der Waals surface area contributed by atoms with E-state index in [0.717, 1.165) is 35.6 Å². The van der Waals surface area contributed by atoms with Crippen LogP contribution in [0.4, 0.5) is 0 Å². The average Bonchev–Trinajstić information content (AvgIpc) is 3.81. The molecule has 0 fully saturated rings. The predicted octanol–water partition coefficient (Wildman–Crippen LogP) is 5.04. The molecule has 4 aromatic rings. The maximum absolute atomic E-state index is 13.9. The number of benzene rings is 2. The van der Waals surface area contributed by atoms with Gasteiger partial charge in [0.1, 0.15) is 17.8 Å². The average molecular weight is 765 g/mol. The third kappa shape index (κ3) is 5.52. The number of fused-ring (bicyclic) bond motifs is 2. The molecule has 0 radical (unpaired) electrons. The van der Waals surface area contributed by atoms with E-state index < -0.39 is 59.2 Å². The number of esters is 2. The molecule has 2 aliphatic rings. The summed E-state index contributed by atoms with van der Waals surface area (Å²) in [6, 6.07) is 13.9. The summed E-state index contributed by atoms with van der Waals surface area (Å²) in [5, 5.41) is 58.2. The van der Waals surface area contributed by atoms with Gasteiger partial charge >= 0.3 is 23.9 Å². The van der Waals surface area contributed by atoms with Crippen LogP contribution in [0.5, 0.6) is 0 Å². The van der Waals surface area contributed by atoms with E-state index in [2.05, 4.69) is 12.1 Å². The Labute approximate surface area is 314 Å². The minimum Gasteiger partial charge on any atom is -0.478 e. The Morgan fingerprint density at radius 1 is 0.759 bits per heavy atom. The Balaban J connectivity index is 1.71.